The van der Waals surface area contributed by atoms with Crippen LogP contribution in [0.3, 0.4) is 0 Å². The van der Waals surface area contributed by atoms with Crippen molar-refractivity contribution < 1.29 is 22.7 Å². The summed E-state index contributed by atoms with van der Waals surface area (Å²) in [5.41, 5.74) is 0.392. The Morgan fingerprint density at radius 3 is 2.33 bits per heavy atom. The van der Waals surface area contributed by atoms with E-state index >= 15 is 0 Å². The first kappa shape index (κ1) is 25.6. The molecular formula is C22H26ClN7O5S. The molecule has 2 N–H and O–H groups in total. The van der Waals surface area contributed by atoms with E-state index in [9.17, 15) is 13.2 Å². The number of aromatic nitrogens is 5. The summed E-state index contributed by atoms with van der Waals surface area (Å²) in [4.78, 5) is 20.2. The molecule has 0 radical (unpaired) electrons. The molecule has 3 heterocycles. The van der Waals surface area contributed by atoms with Crippen molar-refractivity contribution in [1.29, 1.82) is 0 Å². The number of nitrogens with zero attached hydrogens (tertiary/aromatic N) is 5. The number of benzene rings is 1. The number of nitrogens with one attached hydrogen (secondary N) is 2. The Hall–Kier alpha value is -3.45. The lowest BCUT2D eigenvalue weighted by atomic mass is 10.1. The van der Waals surface area contributed by atoms with Gasteiger partial charge in [-0.3, -0.25) is 14.1 Å². The number of carbonyl (C=O) groups is 1. The fraction of sp³-hybridized carbons (Fsp3) is 0.409. The number of ether oxygens (including phenoxy) is 2. The summed E-state index contributed by atoms with van der Waals surface area (Å²) < 4.78 is 42.0. The van der Waals surface area contributed by atoms with Crippen molar-refractivity contribution in [3.63, 3.8) is 0 Å². The molecule has 0 saturated carbocycles. The van der Waals surface area contributed by atoms with Crippen molar-refractivity contribution >= 4 is 33.5 Å². The van der Waals surface area contributed by atoms with Crippen LogP contribution < -0.4 is 19.5 Å². The smallest absolute Gasteiger partial charge is 0.243 e. The van der Waals surface area contributed by atoms with Crippen LogP contribution in [0.4, 0.5) is 5.95 Å². The molecule has 2 unspecified atom stereocenters. The third-order valence-corrected chi connectivity index (χ3v) is 8.14. The van der Waals surface area contributed by atoms with Gasteiger partial charge in [0, 0.05) is 24.7 Å². The second-order valence-corrected chi connectivity index (χ2v) is 10.8. The van der Waals surface area contributed by atoms with Gasteiger partial charge >= 0.3 is 0 Å². The van der Waals surface area contributed by atoms with Crippen LogP contribution in [0, 0.1) is 0 Å². The minimum atomic E-state index is -4.02. The standard InChI is InChI=1S/C22H26ClN7O5S/c1-12(20-24-10-14(23)11-25-20)13(2)36(32,33)29-22-28-27-21(15-8-9-18(31)26-15)30(22)19-16(34-3)6-5-7-17(19)35-4/h5-7,10-13,15H,8-9H2,1-4H3,(H,26,31)(H,28,29)/t12?,13?,15-/m0/s1. The van der Waals surface area contributed by atoms with E-state index in [0.29, 0.717) is 46.7 Å². The van der Waals surface area contributed by atoms with Crippen molar-refractivity contribution in [3.8, 4) is 17.2 Å². The molecule has 1 saturated heterocycles. The summed E-state index contributed by atoms with van der Waals surface area (Å²) in [6.45, 7) is 3.26. The van der Waals surface area contributed by atoms with Gasteiger partial charge in [0.25, 0.3) is 0 Å². The first-order valence-electron chi connectivity index (χ1n) is 11.1. The first-order chi connectivity index (χ1) is 17.2. The molecule has 0 bridgehead atoms. The molecule has 14 heteroatoms. The number of para-hydroxylation sites is 1. The average molecular weight is 536 g/mol. The van der Waals surface area contributed by atoms with Gasteiger partial charge in [-0.1, -0.05) is 24.6 Å². The van der Waals surface area contributed by atoms with Gasteiger partial charge in [-0.05, 0) is 25.5 Å². The zero-order chi connectivity index (χ0) is 26.0. The minimum Gasteiger partial charge on any atom is -0.494 e. The summed E-state index contributed by atoms with van der Waals surface area (Å²) in [5.74, 6) is 0.694. The number of rotatable bonds is 9. The van der Waals surface area contributed by atoms with E-state index in [-0.39, 0.29) is 11.9 Å². The van der Waals surface area contributed by atoms with Crippen LogP contribution in [0.1, 0.15) is 50.3 Å². The van der Waals surface area contributed by atoms with Crippen LogP contribution in [0.25, 0.3) is 5.69 Å². The maximum Gasteiger partial charge on any atom is 0.243 e. The predicted molar refractivity (Wildman–Crippen MR) is 132 cm³/mol. The molecule has 192 valence electrons. The maximum absolute atomic E-state index is 13.5. The molecule has 1 aromatic carbocycles. The molecule has 3 atom stereocenters. The van der Waals surface area contributed by atoms with E-state index in [4.69, 9.17) is 21.1 Å². The summed E-state index contributed by atoms with van der Waals surface area (Å²) >= 11 is 5.86. The highest BCUT2D eigenvalue weighted by Gasteiger charge is 2.35. The van der Waals surface area contributed by atoms with Crippen molar-refractivity contribution in [3.05, 3.63) is 47.3 Å². The zero-order valence-corrected chi connectivity index (χ0v) is 21.7. The van der Waals surface area contributed by atoms with E-state index in [0.717, 1.165) is 0 Å². The zero-order valence-electron chi connectivity index (χ0n) is 20.1. The van der Waals surface area contributed by atoms with Crippen molar-refractivity contribution in [2.75, 3.05) is 18.9 Å². The molecule has 2 aromatic heterocycles. The van der Waals surface area contributed by atoms with E-state index in [1.54, 1.807) is 32.0 Å². The highest BCUT2D eigenvalue weighted by Crippen LogP contribution is 2.38. The monoisotopic (exact) mass is 535 g/mol. The Kier molecular flexibility index (Phi) is 7.31. The third kappa shape index (κ3) is 4.93. The van der Waals surface area contributed by atoms with E-state index < -0.39 is 27.2 Å². The van der Waals surface area contributed by atoms with Gasteiger partial charge in [0.1, 0.15) is 23.0 Å². The van der Waals surface area contributed by atoms with Gasteiger partial charge < -0.3 is 14.8 Å². The molecular weight excluding hydrogens is 510 g/mol. The van der Waals surface area contributed by atoms with Crippen LogP contribution in [0.5, 0.6) is 11.5 Å². The van der Waals surface area contributed by atoms with Crippen LogP contribution >= 0.6 is 11.6 Å². The van der Waals surface area contributed by atoms with Crippen molar-refractivity contribution in [2.45, 2.75) is 43.9 Å². The normalized spacial score (nSPS) is 17.4. The Bertz CT molecular complexity index is 1340. The highest BCUT2D eigenvalue weighted by atomic mass is 35.5. The second kappa shape index (κ2) is 10.3. The first-order valence-corrected chi connectivity index (χ1v) is 13.0. The van der Waals surface area contributed by atoms with E-state index in [2.05, 4.69) is 30.2 Å². The summed E-state index contributed by atoms with van der Waals surface area (Å²) in [7, 11) is -1.05. The quantitative estimate of drug-likeness (QED) is 0.421. The molecule has 12 nitrogen and oxygen atoms in total. The molecule has 1 fully saturated rings. The largest absolute Gasteiger partial charge is 0.494 e. The average Bonchev–Trinajstić information content (AvgIpc) is 3.48. The number of halogens is 1. The molecule has 1 aliphatic rings. The number of hydrogen-bond donors (Lipinski definition) is 2. The minimum absolute atomic E-state index is 0.0787. The Morgan fingerprint density at radius 1 is 1.14 bits per heavy atom. The number of carbonyl (C=O) groups excluding carboxylic acids is 1. The number of methoxy groups -OCH3 is 2. The molecule has 0 aliphatic carbocycles. The lowest BCUT2D eigenvalue weighted by Crippen LogP contribution is -2.31. The van der Waals surface area contributed by atoms with E-state index in [1.165, 1.54) is 31.2 Å². The Balaban J connectivity index is 1.77. The predicted octanol–water partition coefficient (Wildman–Crippen LogP) is 2.61. The number of sulfonamides is 1. The van der Waals surface area contributed by atoms with Crippen molar-refractivity contribution in [2.24, 2.45) is 0 Å². The summed E-state index contributed by atoms with van der Waals surface area (Å²) in [5, 5.41) is 10.6. The SMILES string of the molecule is COc1cccc(OC)c1-n1c(NS(=O)(=O)C(C)C(C)c2ncc(Cl)cn2)nnc1[C@@H]1CCC(=O)N1. The van der Waals surface area contributed by atoms with Gasteiger partial charge in [0.15, 0.2) is 5.82 Å². The van der Waals surface area contributed by atoms with Crippen LogP contribution in [-0.2, 0) is 14.8 Å². The third-order valence-electron chi connectivity index (χ3n) is 6.10. The molecule has 0 spiro atoms. The Morgan fingerprint density at radius 2 is 1.78 bits per heavy atom. The molecule has 4 rings (SSSR count). The lowest BCUT2D eigenvalue weighted by Gasteiger charge is -2.22. The number of hydrogen-bond acceptors (Lipinski definition) is 9. The Labute approximate surface area is 213 Å². The van der Waals surface area contributed by atoms with Crippen LogP contribution in [0.15, 0.2) is 30.6 Å². The maximum atomic E-state index is 13.5. The lowest BCUT2D eigenvalue weighted by molar-refractivity contribution is -0.119. The number of amides is 1. The fourth-order valence-corrected chi connectivity index (χ4v) is 5.25. The molecule has 1 aliphatic heterocycles. The van der Waals surface area contributed by atoms with E-state index in [1.807, 2.05) is 0 Å². The molecule has 1 amide bonds. The van der Waals surface area contributed by atoms with Gasteiger partial charge in [0.05, 0.1) is 30.5 Å². The van der Waals surface area contributed by atoms with Crippen LogP contribution in [-0.4, -0.2) is 58.5 Å². The fourth-order valence-electron chi connectivity index (χ4n) is 3.92. The topological polar surface area (TPSA) is 150 Å². The molecule has 36 heavy (non-hydrogen) atoms. The summed E-state index contributed by atoms with van der Waals surface area (Å²) in [6, 6.07) is 4.67. The van der Waals surface area contributed by atoms with Gasteiger partial charge in [-0.2, -0.15) is 0 Å². The number of anilines is 1. The van der Waals surface area contributed by atoms with Gasteiger partial charge in [0.2, 0.25) is 21.9 Å². The molecule has 3 aromatic rings. The van der Waals surface area contributed by atoms with Crippen LogP contribution in [0.2, 0.25) is 5.02 Å². The van der Waals surface area contributed by atoms with Crippen molar-refractivity contribution in [1.82, 2.24) is 30.0 Å². The van der Waals surface area contributed by atoms with Gasteiger partial charge in [-0.25, -0.2) is 18.4 Å². The summed E-state index contributed by atoms with van der Waals surface area (Å²) in [6.07, 6.45) is 3.62. The highest BCUT2D eigenvalue weighted by molar-refractivity contribution is 7.93. The van der Waals surface area contributed by atoms with Gasteiger partial charge in [-0.15, -0.1) is 10.2 Å². The second-order valence-electron chi connectivity index (χ2n) is 8.29.